The monoisotopic (exact) mass is 454 g/mol. The van der Waals surface area contributed by atoms with E-state index in [4.69, 9.17) is 11.6 Å². The smallest absolute Gasteiger partial charge is 0.256 e. The number of nitrogens with zero attached hydrogens (tertiary/aromatic N) is 3. The Bertz CT molecular complexity index is 1450. The number of fused-ring (bicyclic) bond motifs is 2. The lowest BCUT2D eigenvalue weighted by Gasteiger charge is -2.09. The van der Waals surface area contributed by atoms with Crippen molar-refractivity contribution in [2.24, 2.45) is 0 Å². The first kappa shape index (κ1) is 21.2. The van der Waals surface area contributed by atoms with Gasteiger partial charge in [0.25, 0.3) is 5.91 Å². The highest BCUT2D eigenvalue weighted by Crippen LogP contribution is 2.28. The summed E-state index contributed by atoms with van der Waals surface area (Å²) < 4.78 is 0. The molecule has 1 aromatic heterocycles. The highest BCUT2D eigenvalue weighted by Gasteiger charge is 2.14. The molecule has 1 heterocycles. The molecular weight excluding hydrogens is 432 g/mol. The van der Waals surface area contributed by atoms with Gasteiger partial charge < -0.3 is 5.32 Å². The van der Waals surface area contributed by atoms with E-state index < -0.39 is 0 Å². The summed E-state index contributed by atoms with van der Waals surface area (Å²) in [5.41, 5.74) is 4.60. The molecule has 33 heavy (non-hydrogen) atoms. The standard InChI is InChI=1S/C27H23ClN4O/c1-2-3-7-18-12-14-20(15-13-18)32-30-25-16-23(28)24(17-26(25)31-32)29-27(33)22-11-6-9-19-8-4-5-10-21(19)22/h4-6,8-17H,2-3,7H2,1H3,(H,29,33). The van der Waals surface area contributed by atoms with Gasteiger partial charge >= 0.3 is 0 Å². The molecule has 0 spiro atoms. The van der Waals surface area contributed by atoms with Crippen molar-refractivity contribution in [3.05, 3.63) is 95.0 Å². The zero-order chi connectivity index (χ0) is 22.8. The SMILES string of the molecule is CCCCc1ccc(-n2nc3cc(Cl)c(NC(=O)c4cccc5ccccc45)cc3n2)cc1. The fraction of sp³-hybridized carbons (Fsp3) is 0.148. The second-order valence-corrected chi connectivity index (χ2v) is 8.47. The van der Waals surface area contributed by atoms with E-state index in [1.807, 2.05) is 54.6 Å². The van der Waals surface area contributed by atoms with Gasteiger partial charge in [0, 0.05) is 5.56 Å². The van der Waals surface area contributed by atoms with E-state index in [0.29, 0.717) is 27.3 Å². The third-order valence-electron chi connectivity index (χ3n) is 5.74. The van der Waals surface area contributed by atoms with Gasteiger partial charge in [0.15, 0.2) is 0 Å². The van der Waals surface area contributed by atoms with Crippen LogP contribution in [0.25, 0.3) is 27.5 Å². The lowest BCUT2D eigenvalue weighted by atomic mass is 10.0. The summed E-state index contributed by atoms with van der Waals surface area (Å²) >= 11 is 6.49. The molecule has 0 bridgehead atoms. The van der Waals surface area contributed by atoms with Crippen LogP contribution in [0.5, 0.6) is 0 Å². The molecule has 4 aromatic carbocycles. The molecule has 6 heteroatoms. The third kappa shape index (κ3) is 4.32. The van der Waals surface area contributed by atoms with E-state index in [-0.39, 0.29) is 5.91 Å². The Labute approximate surface area is 197 Å². The van der Waals surface area contributed by atoms with Crippen molar-refractivity contribution in [3.63, 3.8) is 0 Å². The summed E-state index contributed by atoms with van der Waals surface area (Å²) in [5, 5.41) is 14.4. The van der Waals surface area contributed by atoms with Crippen molar-refractivity contribution in [1.82, 2.24) is 15.0 Å². The molecule has 0 saturated carbocycles. The number of carbonyl (C=O) groups excluding carboxylic acids is 1. The Kier molecular flexibility index (Phi) is 5.80. The van der Waals surface area contributed by atoms with E-state index in [0.717, 1.165) is 22.9 Å². The fourth-order valence-electron chi connectivity index (χ4n) is 3.94. The maximum atomic E-state index is 13.0. The van der Waals surface area contributed by atoms with Crippen LogP contribution in [-0.2, 0) is 6.42 Å². The summed E-state index contributed by atoms with van der Waals surface area (Å²) in [6.45, 7) is 2.19. The minimum absolute atomic E-state index is 0.219. The van der Waals surface area contributed by atoms with E-state index in [1.54, 1.807) is 16.9 Å². The Morgan fingerprint density at radius 2 is 1.67 bits per heavy atom. The van der Waals surface area contributed by atoms with Gasteiger partial charge in [0.2, 0.25) is 0 Å². The number of hydrogen-bond acceptors (Lipinski definition) is 3. The zero-order valence-corrected chi connectivity index (χ0v) is 19.0. The average Bonchev–Trinajstić information content (AvgIpc) is 3.25. The first-order chi connectivity index (χ1) is 16.1. The molecule has 1 amide bonds. The zero-order valence-electron chi connectivity index (χ0n) is 18.3. The number of anilines is 1. The predicted octanol–water partition coefficient (Wildman–Crippen LogP) is 6.82. The number of benzene rings is 4. The van der Waals surface area contributed by atoms with Crippen LogP contribution in [-0.4, -0.2) is 20.9 Å². The molecule has 0 saturated heterocycles. The van der Waals surface area contributed by atoms with Gasteiger partial charge in [-0.1, -0.05) is 73.5 Å². The molecule has 0 aliphatic heterocycles. The summed E-state index contributed by atoms with van der Waals surface area (Å²) in [4.78, 5) is 14.6. The highest BCUT2D eigenvalue weighted by atomic mass is 35.5. The number of halogens is 1. The van der Waals surface area contributed by atoms with Gasteiger partial charge in [-0.15, -0.1) is 10.2 Å². The maximum absolute atomic E-state index is 13.0. The van der Waals surface area contributed by atoms with Crippen LogP contribution in [0.3, 0.4) is 0 Å². The van der Waals surface area contributed by atoms with E-state index in [9.17, 15) is 4.79 Å². The van der Waals surface area contributed by atoms with Crippen LogP contribution in [0.4, 0.5) is 5.69 Å². The van der Waals surface area contributed by atoms with Gasteiger partial charge in [-0.25, -0.2) is 0 Å². The van der Waals surface area contributed by atoms with Crippen LogP contribution < -0.4 is 5.32 Å². The number of aromatic nitrogens is 3. The summed E-state index contributed by atoms with van der Waals surface area (Å²) in [7, 11) is 0. The summed E-state index contributed by atoms with van der Waals surface area (Å²) in [5.74, 6) is -0.219. The first-order valence-corrected chi connectivity index (χ1v) is 11.4. The Balaban J connectivity index is 1.43. The number of carbonyl (C=O) groups is 1. The molecule has 0 aliphatic rings. The van der Waals surface area contributed by atoms with Crippen LogP contribution >= 0.6 is 11.6 Å². The molecule has 0 radical (unpaired) electrons. The number of aryl methyl sites for hydroxylation is 1. The fourth-order valence-corrected chi connectivity index (χ4v) is 4.14. The van der Waals surface area contributed by atoms with Crippen LogP contribution in [0, 0.1) is 0 Å². The largest absolute Gasteiger partial charge is 0.321 e. The maximum Gasteiger partial charge on any atom is 0.256 e. The van der Waals surface area contributed by atoms with Crippen LogP contribution in [0.2, 0.25) is 5.02 Å². The molecule has 0 atom stereocenters. The van der Waals surface area contributed by atoms with Gasteiger partial charge in [0.1, 0.15) is 11.0 Å². The van der Waals surface area contributed by atoms with Crippen molar-refractivity contribution in [2.45, 2.75) is 26.2 Å². The van der Waals surface area contributed by atoms with E-state index in [2.05, 4.69) is 34.6 Å². The van der Waals surface area contributed by atoms with Gasteiger partial charge in [0.05, 0.1) is 16.4 Å². The number of hydrogen-bond donors (Lipinski definition) is 1. The Morgan fingerprint density at radius 1 is 0.939 bits per heavy atom. The van der Waals surface area contributed by atoms with Crippen molar-refractivity contribution in [3.8, 4) is 5.69 Å². The number of unbranched alkanes of at least 4 members (excludes halogenated alkanes) is 1. The van der Waals surface area contributed by atoms with Crippen LogP contribution in [0.15, 0.2) is 78.9 Å². The normalized spacial score (nSPS) is 11.2. The first-order valence-electron chi connectivity index (χ1n) is 11.1. The molecule has 5 nitrogen and oxygen atoms in total. The molecule has 0 aliphatic carbocycles. The number of amides is 1. The summed E-state index contributed by atoms with van der Waals surface area (Å²) in [6.07, 6.45) is 3.42. The molecule has 1 N–H and O–H groups in total. The van der Waals surface area contributed by atoms with E-state index in [1.165, 1.54) is 18.4 Å². The van der Waals surface area contributed by atoms with Crippen molar-refractivity contribution >= 4 is 45.0 Å². The second-order valence-electron chi connectivity index (χ2n) is 8.06. The molecule has 0 unspecified atom stereocenters. The quantitative estimate of drug-likeness (QED) is 0.306. The molecule has 5 aromatic rings. The van der Waals surface area contributed by atoms with Crippen molar-refractivity contribution in [2.75, 3.05) is 5.32 Å². The molecular formula is C27H23ClN4O. The van der Waals surface area contributed by atoms with Gasteiger partial charge in [-0.3, -0.25) is 4.79 Å². The minimum atomic E-state index is -0.219. The van der Waals surface area contributed by atoms with Crippen LogP contribution in [0.1, 0.15) is 35.7 Å². The lowest BCUT2D eigenvalue weighted by molar-refractivity contribution is 0.102. The molecule has 164 valence electrons. The predicted molar refractivity (Wildman–Crippen MR) is 134 cm³/mol. The second kappa shape index (κ2) is 9.04. The minimum Gasteiger partial charge on any atom is -0.321 e. The van der Waals surface area contributed by atoms with Crippen molar-refractivity contribution < 1.29 is 4.79 Å². The van der Waals surface area contributed by atoms with Crippen molar-refractivity contribution in [1.29, 1.82) is 0 Å². The molecule has 0 fully saturated rings. The lowest BCUT2D eigenvalue weighted by Crippen LogP contribution is -2.12. The Morgan fingerprint density at radius 3 is 2.45 bits per heavy atom. The molecule has 5 rings (SSSR count). The average molecular weight is 455 g/mol. The number of rotatable bonds is 6. The topological polar surface area (TPSA) is 59.8 Å². The van der Waals surface area contributed by atoms with E-state index >= 15 is 0 Å². The van der Waals surface area contributed by atoms with Gasteiger partial charge in [-0.2, -0.15) is 4.80 Å². The van der Waals surface area contributed by atoms with Gasteiger partial charge in [-0.05, 0) is 59.5 Å². The third-order valence-corrected chi connectivity index (χ3v) is 6.05. The number of nitrogens with one attached hydrogen (secondary N) is 1. The summed E-state index contributed by atoms with van der Waals surface area (Å²) in [6, 6.07) is 25.2. The highest BCUT2D eigenvalue weighted by molar-refractivity contribution is 6.34. The Hall–Kier alpha value is -3.70.